The first kappa shape index (κ1) is 19.2. The zero-order valence-corrected chi connectivity index (χ0v) is 15.6. The van der Waals surface area contributed by atoms with Crippen molar-refractivity contribution in [3.8, 4) is 5.88 Å². The molecule has 2 heterocycles. The molecule has 1 aromatic heterocycles. The molecule has 136 valence electrons. The fourth-order valence-electron chi connectivity index (χ4n) is 3.26. The number of unbranched alkanes of at least 4 members (excludes halogenated alkanes) is 1. The number of piperidine rings is 1. The van der Waals surface area contributed by atoms with Crippen LogP contribution < -0.4 is 4.74 Å². The van der Waals surface area contributed by atoms with Gasteiger partial charge in [-0.05, 0) is 64.2 Å². The lowest BCUT2D eigenvalue weighted by atomic mass is 9.92. The number of likely N-dealkylation sites (tertiary alicyclic amines) is 1. The number of rotatable bonds is 9. The van der Waals surface area contributed by atoms with E-state index in [0.717, 1.165) is 23.5 Å². The summed E-state index contributed by atoms with van der Waals surface area (Å²) in [6.07, 6.45) is 7.75. The molecule has 0 atom stereocenters. The van der Waals surface area contributed by atoms with Gasteiger partial charge in [0.2, 0.25) is 5.88 Å². The maximum absolute atomic E-state index is 5.82. The SMILES string of the molecule is COC(OC)c1cc(OCCCCC2CCN(C)CC2)ncc1C. The Bertz CT molecular complexity index is 484. The van der Waals surface area contributed by atoms with E-state index < -0.39 is 0 Å². The third kappa shape index (κ3) is 5.72. The monoisotopic (exact) mass is 336 g/mol. The van der Waals surface area contributed by atoms with Crippen LogP contribution in [0, 0.1) is 12.8 Å². The van der Waals surface area contributed by atoms with Gasteiger partial charge >= 0.3 is 0 Å². The first-order chi connectivity index (χ1) is 11.6. The molecule has 5 heteroatoms. The highest BCUT2D eigenvalue weighted by atomic mass is 16.7. The quantitative estimate of drug-likeness (QED) is 0.509. The van der Waals surface area contributed by atoms with Crippen molar-refractivity contribution in [1.82, 2.24) is 9.88 Å². The number of ether oxygens (including phenoxy) is 3. The minimum atomic E-state index is -0.375. The van der Waals surface area contributed by atoms with Crippen LogP contribution in [0.15, 0.2) is 12.3 Å². The van der Waals surface area contributed by atoms with Gasteiger partial charge in [-0.25, -0.2) is 4.98 Å². The maximum Gasteiger partial charge on any atom is 0.213 e. The van der Waals surface area contributed by atoms with E-state index in [-0.39, 0.29) is 6.29 Å². The molecular weight excluding hydrogens is 304 g/mol. The van der Waals surface area contributed by atoms with Crippen LogP contribution in [0.25, 0.3) is 0 Å². The standard InChI is InChI=1S/C19H32N2O3/c1-15-14-20-18(13-17(15)19(22-3)23-4)24-12-6-5-7-16-8-10-21(2)11-9-16/h13-14,16,19H,5-12H2,1-4H3. The molecule has 1 fully saturated rings. The van der Waals surface area contributed by atoms with Crippen LogP contribution in [-0.2, 0) is 9.47 Å². The van der Waals surface area contributed by atoms with Gasteiger partial charge in [0.1, 0.15) is 0 Å². The normalized spacial score (nSPS) is 16.7. The molecule has 24 heavy (non-hydrogen) atoms. The lowest BCUT2D eigenvalue weighted by Crippen LogP contribution is -2.30. The Morgan fingerprint density at radius 1 is 1.21 bits per heavy atom. The molecule has 0 amide bonds. The highest BCUT2D eigenvalue weighted by Gasteiger charge is 2.16. The molecule has 0 saturated carbocycles. The van der Waals surface area contributed by atoms with E-state index in [1.54, 1.807) is 14.2 Å². The highest BCUT2D eigenvalue weighted by Crippen LogP contribution is 2.25. The third-order valence-electron chi connectivity index (χ3n) is 4.90. The van der Waals surface area contributed by atoms with Crippen molar-refractivity contribution in [3.63, 3.8) is 0 Å². The van der Waals surface area contributed by atoms with Gasteiger partial charge in [0, 0.05) is 32.0 Å². The van der Waals surface area contributed by atoms with Crippen LogP contribution in [0.1, 0.15) is 49.5 Å². The number of methoxy groups -OCH3 is 2. The highest BCUT2D eigenvalue weighted by molar-refractivity contribution is 5.29. The summed E-state index contributed by atoms with van der Waals surface area (Å²) in [7, 11) is 5.49. The van der Waals surface area contributed by atoms with Gasteiger partial charge in [-0.3, -0.25) is 0 Å². The van der Waals surface area contributed by atoms with E-state index in [2.05, 4.69) is 16.9 Å². The fraction of sp³-hybridized carbons (Fsp3) is 0.737. The summed E-state index contributed by atoms with van der Waals surface area (Å²) < 4.78 is 16.5. The zero-order chi connectivity index (χ0) is 17.4. The van der Waals surface area contributed by atoms with E-state index in [1.807, 2.05) is 19.2 Å². The lowest BCUT2D eigenvalue weighted by molar-refractivity contribution is -0.106. The van der Waals surface area contributed by atoms with Gasteiger partial charge in [-0.1, -0.05) is 6.42 Å². The third-order valence-corrected chi connectivity index (χ3v) is 4.90. The topological polar surface area (TPSA) is 43.8 Å². The molecule has 0 aromatic carbocycles. The molecule has 2 rings (SSSR count). The predicted octanol–water partition coefficient (Wildman–Crippen LogP) is 3.57. The van der Waals surface area contributed by atoms with Crippen LogP contribution in [0.5, 0.6) is 5.88 Å². The summed E-state index contributed by atoms with van der Waals surface area (Å²) in [6.45, 7) is 5.21. The van der Waals surface area contributed by atoms with E-state index in [0.29, 0.717) is 12.5 Å². The Kier molecular flexibility index (Phi) is 7.95. The summed E-state index contributed by atoms with van der Waals surface area (Å²) in [5.41, 5.74) is 2.01. The van der Waals surface area contributed by atoms with E-state index in [4.69, 9.17) is 14.2 Å². The van der Waals surface area contributed by atoms with Crippen LogP contribution in [0.4, 0.5) is 0 Å². The average molecular weight is 336 g/mol. The summed E-state index contributed by atoms with van der Waals surface area (Å²) in [6, 6.07) is 1.92. The minimum Gasteiger partial charge on any atom is -0.478 e. The number of aromatic nitrogens is 1. The van der Waals surface area contributed by atoms with Gasteiger partial charge in [0.15, 0.2) is 6.29 Å². The summed E-state index contributed by atoms with van der Waals surface area (Å²) in [5, 5.41) is 0. The van der Waals surface area contributed by atoms with Crippen LogP contribution in [0.3, 0.4) is 0 Å². The van der Waals surface area contributed by atoms with Crippen molar-refractivity contribution in [2.24, 2.45) is 5.92 Å². The number of hydrogen-bond acceptors (Lipinski definition) is 5. The van der Waals surface area contributed by atoms with E-state index in [1.165, 1.54) is 38.8 Å². The van der Waals surface area contributed by atoms with Gasteiger partial charge in [-0.2, -0.15) is 0 Å². The summed E-state index contributed by atoms with van der Waals surface area (Å²) in [5.74, 6) is 1.54. The zero-order valence-electron chi connectivity index (χ0n) is 15.6. The Morgan fingerprint density at radius 2 is 1.92 bits per heavy atom. The molecule has 1 saturated heterocycles. The molecule has 0 aliphatic carbocycles. The van der Waals surface area contributed by atoms with Gasteiger partial charge in [-0.15, -0.1) is 0 Å². The number of nitrogens with zero attached hydrogens (tertiary/aromatic N) is 2. The molecular formula is C19H32N2O3. The minimum absolute atomic E-state index is 0.375. The first-order valence-electron chi connectivity index (χ1n) is 8.97. The van der Waals surface area contributed by atoms with Gasteiger partial charge in [0.25, 0.3) is 0 Å². The molecule has 0 radical (unpaired) electrons. The van der Waals surface area contributed by atoms with E-state index in [9.17, 15) is 0 Å². The Hall–Kier alpha value is -1.17. The fourth-order valence-corrected chi connectivity index (χ4v) is 3.26. The lowest BCUT2D eigenvalue weighted by Gasteiger charge is -2.28. The predicted molar refractivity (Wildman–Crippen MR) is 95.3 cm³/mol. The van der Waals surface area contributed by atoms with Crippen LogP contribution >= 0.6 is 0 Å². The number of pyridine rings is 1. The molecule has 0 spiro atoms. The average Bonchev–Trinajstić information content (AvgIpc) is 2.59. The van der Waals surface area contributed by atoms with Crippen molar-refractivity contribution >= 4 is 0 Å². The second-order valence-electron chi connectivity index (χ2n) is 6.77. The maximum atomic E-state index is 5.82. The molecule has 0 unspecified atom stereocenters. The van der Waals surface area contributed by atoms with Crippen molar-refractivity contribution in [2.75, 3.05) is 41.0 Å². The second-order valence-corrected chi connectivity index (χ2v) is 6.77. The van der Waals surface area contributed by atoms with Crippen LogP contribution in [0.2, 0.25) is 0 Å². The number of aryl methyl sites for hydroxylation is 1. The van der Waals surface area contributed by atoms with Gasteiger partial charge in [0.05, 0.1) is 6.61 Å². The Labute approximate surface area is 146 Å². The Morgan fingerprint density at radius 3 is 2.58 bits per heavy atom. The van der Waals surface area contributed by atoms with Crippen molar-refractivity contribution < 1.29 is 14.2 Å². The summed E-state index contributed by atoms with van der Waals surface area (Å²) >= 11 is 0. The number of hydrogen-bond donors (Lipinski definition) is 0. The van der Waals surface area contributed by atoms with Crippen molar-refractivity contribution in [3.05, 3.63) is 23.4 Å². The molecule has 0 bridgehead atoms. The largest absolute Gasteiger partial charge is 0.478 e. The van der Waals surface area contributed by atoms with Crippen LogP contribution in [-0.4, -0.2) is 50.8 Å². The van der Waals surface area contributed by atoms with Crippen molar-refractivity contribution in [1.29, 1.82) is 0 Å². The Balaban J connectivity index is 1.71. The summed E-state index contributed by atoms with van der Waals surface area (Å²) in [4.78, 5) is 6.77. The molecule has 5 nitrogen and oxygen atoms in total. The van der Waals surface area contributed by atoms with Gasteiger partial charge < -0.3 is 19.1 Å². The second kappa shape index (κ2) is 9.97. The first-order valence-corrected chi connectivity index (χ1v) is 8.97. The van der Waals surface area contributed by atoms with E-state index >= 15 is 0 Å². The molecule has 1 aliphatic heterocycles. The molecule has 1 aromatic rings. The van der Waals surface area contributed by atoms with Crippen molar-refractivity contribution in [2.45, 2.75) is 45.3 Å². The molecule has 1 aliphatic rings. The smallest absolute Gasteiger partial charge is 0.213 e. The molecule has 0 N–H and O–H groups in total.